The predicted molar refractivity (Wildman–Crippen MR) is 122 cm³/mol. The first kappa shape index (κ1) is 24.1. The molecule has 0 radical (unpaired) electrons. The lowest BCUT2D eigenvalue weighted by atomic mass is 10.2. The van der Waals surface area contributed by atoms with E-state index in [0.29, 0.717) is 15.3 Å². The van der Waals surface area contributed by atoms with Gasteiger partial charge >= 0.3 is 6.18 Å². The molecule has 0 saturated carbocycles. The van der Waals surface area contributed by atoms with E-state index < -0.39 is 31.7 Å². The van der Waals surface area contributed by atoms with Crippen LogP contribution in [0.1, 0.15) is 5.69 Å². The van der Waals surface area contributed by atoms with Crippen LogP contribution in [0.2, 0.25) is 0 Å². The Labute approximate surface area is 197 Å². The number of para-hydroxylation sites is 1. The first-order valence-corrected chi connectivity index (χ1v) is 13.7. The van der Waals surface area contributed by atoms with Gasteiger partial charge in [-0.05, 0) is 48.0 Å². The number of halogens is 3. The summed E-state index contributed by atoms with van der Waals surface area (Å²) in [4.78, 5) is 0.672. The maximum absolute atomic E-state index is 13.5. The fraction of sp³-hybridized carbons (Fsp3) is 0.0952. The van der Waals surface area contributed by atoms with E-state index >= 15 is 0 Å². The summed E-state index contributed by atoms with van der Waals surface area (Å²) in [6.07, 6.45) is -3.70. The number of aromatic nitrogens is 2. The summed E-state index contributed by atoms with van der Waals surface area (Å²) in [6.45, 7) is 0. The molecular weight excluding hydrogens is 511 g/mol. The summed E-state index contributed by atoms with van der Waals surface area (Å²) in [6, 6.07) is 15.5. The monoisotopic (exact) mass is 527 g/mol. The summed E-state index contributed by atoms with van der Waals surface area (Å²) in [5.41, 5.74) is -0.782. The summed E-state index contributed by atoms with van der Waals surface area (Å²) in [7, 11) is -7.72. The zero-order chi connectivity index (χ0) is 24.9. The minimum Gasteiger partial charge on any atom is -0.230 e. The smallest absolute Gasteiger partial charge is 0.230 e. The molecule has 0 aliphatic heterocycles. The number of hydrogen-bond acceptors (Lipinski definition) is 6. The van der Waals surface area contributed by atoms with Gasteiger partial charge < -0.3 is 0 Å². The molecule has 0 aliphatic rings. The molecular formula is C21H16F3N3O4S3. The lowest BCUT2D eigenvalue weighted by molar-refractivity contribution is -0.141. The van der Waals surface area contributed by atoms with Crippen molar-refractivity contribution in [2.45, 2.75) is 16.0 Å². The zero-order valence-corrected chi connectivity index (χ0v) is 19.8. The summed E-state index contributed by atoms with van der Waals surface area (Å²) >= 11 is 1.10. The van der Waals surface area contributed by atoms with Gasteiger partial charge in [0.25, 0.3) is 0 Å². The van der Waals surface area contributed by atoms with Gasteiger partial charge in [-0.15, -0.1) is 11.3 Å². The van der Waals surface area contributed by atoms with Gasteiger partial charge in [-0.2, -0.15) is 18.3 Å². The van der Waals surface area contributed by atoms with Gasteiger partial charge in [0, 0.05) is 11.1 Å². The van der Waals surface area contributed by atoms with Crippen molar-refractivity contribution in [1.29, 1.82) is 0 Å². The fourth-order valence-electron chi connectivity index (χ4n) is 3.26. The summed E-state index contributed by atoms with van der Waals surface area (Å²) in [5.74, 6) is 0. The molecule has 7 nitrogen and oxygen atoms in total. The maximum Gasteiger partial charge on any atom is 0.435 e. The Morgan fingerprint density at radius 3 is 2.24 bits per heavy atom. The molecule has 4 rings (SSSR count). The Kier molecular flexibility index (Phi) is 5.92. The second-order valence-electron chi connectivity index (χ2n) is 7.30. The average molecular weight is 528 g/mol. The van der Waals surface area contributed by atoms with E-state index in [9.17, 15) is 30.0 Å². The van der Waals surface area contributed by atoms with Gasteiger partial charge in [0.2, 0.25) is 10.0 Å². The molecule has 34 heavy (non-hydrogen) atoms. The molecule has 0 aliphatic carbocycles. The minimum absolute atomic E-state index is 0.000979. The van der Waals surface area contributed by atoms with Crippen LogP contribution in [-0.2, 0) is 26.0 Å². The third kappa shape index (κ3) is 4.78. The highest BCUT2D eigenvalue weighted by atomic mass is 32.2. The molecule has 13 heteroatoms. The van der Waals surface area contributed by atoms with E-state index in [-0.39, 0.29) is 21.2 Å². The summed E-state index contributed by atoms with van der Waals surface area (Å²) < 4.78 is 89.3. The first-order chi connectivity index (χ1) is 15.7. The molecule has 178 valence electrons. The quantitative estimate of drug-likeness (QED) is 0.415. The Morgan fingerprint density at radius 1 is 0.912 bits per heavy atom. The van der Waals surface area contributed by atoms with Crippen LogP contribution in [0.3, 0.4) is 0 Å². The van der Waals surface area contributed by atoms with E-state index in [2.05, 4.69) is 5.10 Å². The molecule has 2 N–H and O–H groups in total. The highest BCUT2D eigenvalue weighted by molar-refractivity contribution is 7.90. The van der Waals surface area contributed by atoms with Gasteiger partial charge in [0.15, 0.2) is 15.5 Å². The van der Waals surface area contributed by atoms with Gasteiger partial charge in [-0.1, -0.05) is 24.3 Å². The highest BCUT2D eigenvalue weighted by Crippen LogP contribution is 2.39. The number of nitrogens with two attached hydrogens (primary N) is 1. The van der Waals surface area contributed by atoms with Crippen LogP contribution in [0.15, 0.2) is 76.5 Å². The van der Waals surface area contributed by atoms with E-state index in [1.165, 1.54) is 36.4 Å². The van der Waals surface area contributed by atoms with Crippen LogP contribution >= 0.6 is 11.3 Å². The number of primary sulfonamides is 1. The Bertz CT molecular complexity index is 1610. The largest absolute Gasteiger partial charge is 0.435 e. The second kappa shape index (κ2) is 8.34. The van der Waals surface area contributed by atoms with E-state index in [4.69, 9.17) is 5.14 Å². The Morgan fingerprint density at radius 2 is 1.59 bits per heavy atom. The number of nitrogens with zero attached hydrogens (tertiary/aromatic N) is 2. The molecule has 0 amide bonds. The molecule has 0 bridgehead atoms. The molecule has 2 heterocycles. The maximum atomic E-state index is 13.5. The van der Waals surface area contributed by atoms with Crippen LogP contribution in [0.5, 0.6) is 0 Å². The third-order valence-electron chi connectivity index (χ3n) is 4.80. The lowest BCUT2D eigenvalue weighted by Gasteiger charge is -2.10. The van der Waals surface area contributed by atoms with Crippen molar-refractivity contribution in [3.63, 3.8) is 0 Å². The average Bonchev–Trinajstić information content (AvgIpc) is 3.40. The predicted octanol–water partition coefficient (Wildman–Crippen LogP) is 4.34. The summed E-state index contributed by atoms with van der Waals surface area (Å²) in [5, 5.41) is 8.90. The van der Waals surface area contributed by atoms with Crippen LogP contribution < -0.4 is 5.14 Å². The van der Waals surface area contributed by atoms with Crippen molar-refractivity contribution < 1.29 is 30.0 Å². The van der Waals surface area contributed by atoms with Crippen molar-refractivity contribution in [2.24, 2.45) is 5.14 Å². The minimum atomic E-state index is -4.78. The fourth-order valence-corrected chi connectivity index (χ4v) is 5.65. The van der Waals surface area contributed by atoms with Crippen LogP contribution in [0, 0.1) is 0 Å². The molecule has 2 aromatic heterocycles. The number of benzene rings is 2. The van der Waals surface area contributed by atoms with Gasteiger partial charge in [0.1, 0.15) is 4.90 Å². The van der Waals surface area contributed by atoms with Crippen LogP contribution in [0.4, 0.5) is 13.2 Å². The number of thiophene rings is 1. The Balaban J connectivity index is 1.90. The zero-order valence-electron chi connectivity index (χ0n) is 17.3. The van der Waals surface area contributed by atoms with Gasteiger partial charge in [-0.25, -0.2) is 26.7 Å². The number of sulfonamides is 1. The standard InChI is InChI=1S/C21H16F3N3O4S3/c1-33(28,29)14-6-4-5-13(11-14)17-9-10-18(32-17)16-12-20(21(22,23)24)26-27(16)15-7-2-3-8-19(15)34(25,30)31/h2-12H,1H3,(H2,25,30,31). The van der Waals surface area contributed by atoms with Gasteiger partial charge in [0.05, 0.1) is 21.2 Å². The molecule has 0 saturated heterocycles. The molecule has 0 unspecified atom stereocenters. The van der Waals surface area contributed by atoms with Crippen molar-refractivity contribution in [1.82, 2.24) is 9.78 Å². The van der Waals surface area contributed by atoms with E-state index in [1.807, 2.05) is 0 Å². The first-order valence-electron chi connectivity index (χ1n) is 9.45. The number of sulfone groups is 1. The molecule has 0 spiro atoms. The van der Waals surface area contributed by atoms with E-state index in [1.54, 1.807) is 24.3 Å². The topological polar surface area (TPSA) is 112 Å². The van der Waals surface area contributed by atoms with Crippen LogP contribution in [0.25, 0.3) is 26.7 Å². The van der Waals surface area contributed by atoms with Gasteiger partial charge in [-0.3, -0.25) is 0 Å². The number of rotatable bonds is 5. The SMILES string of the molecule is CS(=O)(=O)c1cccc(-c2ccc(-c3cc(C(F)(F)F)nn3-c3ccccc3S(N)(=O)=O)s2)c1. The van der Waals surface area contributed by atoms with E-state index in [0.717, 1.165) is 28.3 Å². The lowest BCUT2D eigenvalue weighted by Crippen LogP contribution is -2.16. The van der Waals surface area contributed by atoms with Crippen molar-refractivity contribution >= 4 is 31.2 Å². The van der Waals surface area contributed by atoms with Crippen molar-refractivity contribution in [3.8, 4) is 26.7 Å². The van der Waals surface area contributed by atoms with Crippen LogP contribution in [-0.4, -0.2) is 32.9 Å². The van der Waals surface area contributed by atoms with Crippen molar-refractivity contribution in [3.05, 3.63) is 72.4 Å². The normalized spacial score (nSPS) is 12.7. The second-order valence-corrected chi connectivity index (χ2v) is 11.9. The molecule has 4 aromatic rings. The molecule has 2 aromatic carbocycles. The highest BCUT2D eigenvalue weighted by Gasteiger charge is 2.36. The Hall–Kier alpha value is -3.00. The molecule has 0 atom stereocenters. The third-order valence-corrected chi connectivity index (χ3v) is 8.03. The number of hydrogen-bond donors (Lipinski definition) is 1. The van der Waals surface area contributed by atoms with Crippen molar-refractivity contribution in [2.75, 3.05) is 6.26 Å². The number of alkyl halides is 3. The molecule has 0 fully saturated rings.